The molecule has 1 aliphatic rings. The predicted molar refractivity (Wildman–Crippen MR) is 80.9 cm³/mol. The van der Waals surface area contributed by atoms with Gasteiger partial charge < -0.3 is 15.4 Å². The van der Waals surface area contributed by atoms with Gasteiger partial charge in [-0.05, 0) is 26.8 Å². The molecule has 1 aromatic rings. The van der Waals surface area contributed by atoms with Gasteiger partial charge in [0.2, 0.25) is 0 Å². The monoisotopic (exact) mass is 295 g/mol. The van der Waals surface area contributed by atoms with Crippen LogP contribution in [0.1, 0.15) is 20.8 Å². The van der Waals surface area contributed by atoms with Gasteiger partial charge >= 0.3 is 6.09 Å². The molecule has 1 aromatic heterocycles. The van der Waals surface area contributed by atoms with E-state index in [4.69, 9.17) is 10.5 Å². The second-order valence-electron chi connectivity index (χ2n) is 6.31. The molecule has 1 fully saturated rings. The van der Waals surface area contributed by atoms with Gasteiger partial charge in [-0.1, -0.05) is 0 Å². The number of ether oxygens (including phenoxy) is 1. The van der Waals surface area contributed by atoms with Gasteiger partial charge in [0.15, 0.2) is 0 Å². The SMILES string of the molecule is CC(C)(C)OC(=O)N1CCN(CCn2ccc(N)n2)CC1. The van der Waals surface area contributed by atoms with Crippen molar-refractivity contribution in [2.24, 2.45) is 0 Å². The molecule has 21 heavy (non-hydrogen) atoms. The van der Waals surface area contributed by atoms with Crippen molar-refractivity contribution in [1.29, 1.82) is 0 Å². The molecule has 2 heterocycles. The third-order valence-electron chi connectivity index (χ3n) is 3.33. The Labute approximate surface area is 125 Å². The normalized spacial score (nSPS) is 17.0. The molecule has 2 N–H and O–H groups in total. The quantitative estimate of drug-likeness (QED) is 0.901. The fraction of sp³-hybridized carbons (Fsp3) is 0.714. The summed E-state index contributed by atoms with van der Waals surface area (Å²) >= 11 is 0. The minimum Gasteiger partial charge on any atom is -0.444 e. The highest BCUT2D eigenvalue weighted by Gasteiger charge is 2.25. The number of carbonyl (C=O) groups excluding carboxylic acids is 1. The Hall–Kier alpha value is -1.76. The summed E-state index contributed by atoms with van der Waals surface area (Å²) in [5.41, 5.74) is 5.15. The molecule has 0 spiro atoms. The number of anilines is 1. The highest BCUT2D eigenvalue weighted by molar-refractivity contribution is 5.68. The highest BCUT2D eigenvalue weighted by atomic mass is 16.6. The first kappa shape index (κ1) is 15.6. The van der Waals surface area contributed by atoms with Crippen molar-refractivity contribution >= 4 is 11.9 Å². The fourth-order valence-corrected chi connectivity index (χ4v) is 2.23. The zero-order valence-electron chi connectivity index (χ0n) is 13.1. The van der Waals surface area contributed by atoms with Crippen LogP contribution in [0, 0.1) is 0 Å². The molecule has 1 amide bonds. The van der Waals surface area contributed by atoms with E-state index in [1.54, 1.807) is 11.0 Å². The van der Waals surface area contributed by atoms with E-state index in [-0.39, 0.29) is 6.09 Å². The summed E-state index contributed by atoms with van der Waals surface area (Å²) in [5.74, 6) is 0.546. The smallest absolute Gasteiger partial charge is 0.410 e. The largest absolute Gasteiger partial charge is 0.444 e. The summed E-state index contributed by atoms with van der Waals surface area (Å²) in [7, 11) is 0. The first-order valence-electron chi connectivity index (χ1n) is 7.33. The standard InChI is InChI=1S/C14H25N5O2/c1-14(2,3)21-13(20)18-9-6-17(7-10-18)8-11-19-5-4-12(15)16-19/h4-5H,6-11H2,1-3H3,(H2,15,16). The van der Waals surface area contributed by atoms with E-state index in [1.807, 2.05) is 31.6 Å². The first-order valence-corrected chi connectivity index (χ1v) is 7.33. The maximum atomic E-state index is 12.0. The van der Waals surface area contributed by atoms with Crippen molar-refractivity contribution < 1.29 is 9.53 Å². The van der Waals surface area contributed by atoms with Crippen LogP contribution < -0.4 is 5.73 Å². The van der Waals surface area contributed by atoms with E-state index in [0.717, 1.165) is 26.2 Å². The lowest BCUT2D eigenvalue weighted by atomic mass is 10.2. The number of nitrogen functional groups attached to an aromatic ring is 1. The van der Waals surface area contributed by atoms with E-state index in [2.05, 4.69) is 10.00 Å². The van der Waals surface area contributed by atoms with Crippen molar-refractivity contribution in [3.8, 4) is 0 Å². The molecule has 0 bridgehead atoms. The molecule has 0 atom stereocenters. The van der Waals surface area contributed by atoms with E-state index >= 15 is 0 Å². The van der Waals surface area contributed by atoms with Crippen LogP contribution in [0.5, 0.6) is 0 Å². The molecule has 2 rings (SSSR count). The van der Waals surface area contributed by atoms with Crippen LogP contribution in [0.4, 0.5) is 10.6 Å². The number of carbonyl (C=O) groups is 1. The minimum atomic E-state index is -0.436. The Balaban J connectivity index is 1.72. The Bertz CT molecular complexity index is 472. The molecule has 0 aromatic carbocycles. The van der Waals surface area contributed by atoms with Gasteiger partial charge in [-0.15, -0.1) is 0 Å². The summed E-state index contributed by atoms with van der Waals surface area (Å²) in [5, 5.41) is 4.16. The highest BCUT2D eigenvalue weighted by Crippen LogP contribution is 2.11. The van der Waals surface area contributed by atoms with Crippen molar-refractivity contribution in [3.63, 3.8) is 0 Å². The van der Waals surface area contributed by atoms with E-state index < -0.39 is 5.60 Å². The molecule has 1 aliphatic heterocycles. The Morgan fingerprint density at radius 2 is 1.95 bits per heavy atom. The average Bonchev–Trinajstić information content (AvgIpc) is 2.81. The van der Waals surface area contributed by atoms with Crippen LogP contribution in [-0.4, -0.2) is 64.0 Å². The number of hydrogen-bond donors (Lipinski definition) is 1. The Morgan fingerprint density at radius 1 is 1.29 bits per heavy atom. The number of amides is 1. The maximum Gasteiger partial charge on any atom is 0.410 e. The number of aromatic nitrogens is 2. The third kappa shape index (κ3) is 4.93. The molecule has 7 nitrogen and oxygen atoms in total. The molecular weight excluding hydrogens is 270 g/mol. The lowest BCUT2D eigenvalue weighted by Gasteiger charge is -2.35. The molecule has 1 saturated heterocycles. The lowest BCUT2D eigenvalue weighted by molar-refractivity contribution is 0.0142. The molecule has 7 heteroatoms. The number of nitrogens with zero attached hydrogens (tertiary/aromatic N) is 4. The zero-order valence-corrected chi connectivity index (χ0v) is 13.1. The average molecular weight is 295 g/mol. The van der Waals surface area contributed by atoms with Gasteiger partial charge in [0.1, 0.15) is 11.4 Å². The summed E-state index contributed by atoms with van der Waals surface area (Å²) in [4.78, 5) is 16.0. The van der Waals surface area contributed by atoms with Crippen molar-refractivity contribution in [3.05, 3.63) is 12.3 Å². The van der Waals surface area contributed by atoms with E-state index in [9.17, 15) is 4.79 Å². The van der Waals surface area contributed by atoms with Gasteiger partial charge in [0.25, 0.3) is 0 Å². The van der Waals surface area contributed by atoms with E-state index in [0.29, 0.717) is 18.9 Å². The van der Waals surface area contributed by atoms with E-state index in [1.165, 1.54) is 0 Å². The maximum absolute atomic E-state index is 12.0. The Morgan fingerprint density at radius 3 is 2.48 bits per heavy atom. The van der Waals surface area contributed by atoms with Gasteiger partial charge in [-0.2, -0.15) is 5.10 Å². The fourth-order valence-electron chi connectivity index (χ4n) is 2.23. The summed E-state index contributed by atoms with van der Waals surface area (Å²) < 4.78 is 7.23. The van der Waals surface area contributed by atoms with Gasteiger partial charge in [0, 0.05) is 38.9 Å². The van der Waals surface area contributed by atoms with Crippen LogP contribution in [-0.2, 0) is 11.3 Å². The number of hydrogen-bond acceptors (Lipinski definition) is 5. The lowest BCUT2D eigenvalue weighted by Crippen LogP contribution is -2.50. The summed E-state index contributed by atoms with van der Waals surface area (Å²) in [6.07, 6.45) is 1.66. The molecule has 118 valence electrons. The van der Waals surface area contributed by atoms with Crippen molar-refractivity contribution in [1.82, 2.24) is 19.6 Å². The molecule has 0 aliphatic carbocycles. The van der Waals surface area contributed by atoms with Crippen LogP contribution in [0.25, 0.3) is 0 Å². The van der Waals surface area contributed by atoms with Crippen LogP contribution in [0.3, 0.4) is 0 Å². The number of nitrogens with two attached hydrogens (primary N) is 1. The first-order chi connectivity index (χ1) is 9.83. The molecule has 0 unspecified atom stereocenters. The Kier molecular flexibility index (Phi) is 4.72. The zero-order chi connectivity index (χ0) is 15.5. The molecule has 0 saturated carbocycles. The van der Waals surface area contributed by atoms with Crippen molar-refractivity contribution in [2.45, 2.75) is 32.9 Å². The van der Waals surface area contributed by atoms with Crippen LogP contribution >= 0.6 is 0 Å². The minimum absolute atomic E-state index is 0.220. The molecular formula is C14H25N5O2. The number of piperazine rings is 1. The second kappa shape index (κ2) is 6.34. The van der Waals surface area contributed by atoms with Crippen LogP contribution in [0.15, 0.2) is 12.3 Å². The number of rotatable bonds is 3. The van der Waals surface area contributed by atoms with Crippen molar-refractivity contribution in [2.75, 3.05) is 38.5 Å². The second-order valence-corrected chi connectivity index (χ2v) is 6.31. The topological polar surface area (TPSA) is 76.6 Å². The summed E-state index contributed by atoms with van der Waals surface area (Å²) in [6.45, 7) is 10.5. The van der Waals surface area contributed by atoms with Gasteiger partial charge in [0.05, 0.1) is 6.54 Å². The van der Waals surface area contributed by atoms with Crippen LogP contribution in [0.2, 0.25) is 0 Å². The van der Waals surface area contributed by atoms with Gasteiger partial charge in [-0.3, -0.25) is 9.58 Å². The predicted octanol–water partition coefficient (Wildman–Crippen LogP) is 1.02. The third-order valence-corrected chi connectivity index (χ3v) is 3.33. The summed E-state index contributed by atoms with van der Waals surface area (Å²) in [6, 6.07) is 1.79. The van der Waals surface area contributed by atoms with Gasteiger partial charge in [-0.25, -0.2) is 4.79 Å². The molecule has 0 radical (unpaired) electrons.